The maximum Gasteiger partial charge on any atom is 0.0535 e. The Kier molecular flexibility index (Phi) is 4.56. The SMILES string of the molecule is C=NCC(CC)NC. The molecule has 2 heteroatoms. The number of rotatable bonds is 4. The van der Waals surface area contributed by atoms with Gasteiger partial charge in [-0.2, -0.15) is 0 Å². The lowest BCUT2D eigenvalue weighted by Gasteiger charge is -2.08. The van der Waals surface area contributed by atoms with Gasteiger partial charge in [-0.25, -0.2) is 0 Å². The van der Waals surface area contributed by atoms with Gasteiger partial charge >= 0.3 is 0 Å². The minimum absolute atomic E-state index is 0.521. The topological polar surface area (TPSA) is 24.4 Å². The molecule has 0 bridgehead atoms. The summed E-state index contributed by atoms with van der Waals surface area (Å²) in [4.78, 5) is 3.77. The minimum Gasteiger partial charge on any atom is -0.315 e. The van der Waals surface area contributed by atoms with Crippen LogP contribution in [0.1, 0.15) is 13.3 Å². The second kappa shape index (κ2) is 4.78. The molecule has 0 amide bonds. The first-order chi connectivity index (χ1) is 3.85. The van der Waals surface area contributed by atoms with Crippen molar-refractivity contribution in [2.75, 3.05) is 13.6 Å². The van der Waals surface area contributed by atoms with Crippen molar-refractivity contribution in [3.63, 3.8) is 0 Å². The van der Waals surface area contributed by atoms with Gasteiger partial charge in [-0.3, -0.25) is 4.99 Å². The van der Waals surface area contributed by atoms with Crippen molar-refractivity contribution in [1.29, 1.82) is 0 Å². The molecule has 0 aromatic rings. The maximum absolute atomic E-state index is 3.77. The van der Waals surface area contributed by atoms with Crippen LogP contribution in [0.3, 0.4) is 0 Å². The van der Waals surface area contributed by atoms with E-state index in [2.05, 4.69) is 24.0 Å². The van der Waals surface area contributed by atoms with Gasteiger partial charge in [0.15, 0.2) is 0 Å². The molecule has 0 aromatic heterocycles. The first-order valence-electron chi connectivity index (χ1n) is 2.94. The monoisotopic (exact) mass is 114 g/mol. The van der Waals surface area contributed by atoms with Crippen LogP contribution in [-0.2, 0) is 0 Å². The van der Waals surface area contributed by atoms with E-state index in [0.717, 1.165) is 13.0 Å². The Labute approximate surface area is 51.0 Å². The van der Waals surface area contributed by atoms with Gasteiger partial charge in [0, 0.05) is 6.04 Å². The molecule has 8 heavy (non-hydrogen) atoms. The Morgan fingerprint density at radius 1 is 1.75 bits per heavy atom. The Morgan fingerprint density at radius 3 is 2.50 bits per heavy atom. The molecule has 0 fully saturated rings. The van der Waals surface area contributed by atoms with Crippen molar-refractivity contribution in [2.45, 2.75) is 19.4 Å². The summed E-state index contributed by atoms with van der Waals surface area (Å²) < 4.78 is 0. The van der Waals surface area contributed by atoms with E-state index in [0.29, 0.717) is 6.04 Å². The Hall–Kier alpha value is -0.370. The number of nitrogens with one attached hydrogen (secondary N) is 1. The first-order valence-corrected chi connectivity index (χ1v) is 2.94. The lowest BCUT2D eigenvalue weighted by Crippen LogP contribution is -2.26. The smallest absolute Gasteiger partial charge is 0.0535 e. The Morgan fingerprint density at radius 2 is 2.38 bits per heavy atom. The predicted octanol–water partition coefficient (Wildman–Crippen LogP) is 0.685. The van der Waals surface area contributed by atoms with Crippen molar-refractivity contribution in [3.05, 3.63) is 0 Å². The average Bonchev–Trinajstić information content (AvgIpc) is 1.83. The Bertz CT molecular complexity index is 57.5. The summed E-state index contributed by atoms with van der Waals surface area (Å²) in [5, 5.41) is 3.12. The summed E-state index contributed by atoms with van der Waals surface area (Å²) in [6.07, 6.45) is 1.12. The number of likely N-dealkylation sites (N-methyl/N-ethyl adjacent to an activating group) is 1. The van der Waals surface area contributed by atoms with Crippen molar-refractivity contribution in [3.8, 4) is 0 Å². The van der Waals surface area contributed by atoms with Crippen molar-refractivity contribution < 1.29 is 0 Å². The molecule has 0 aliphatic carbocycles. The van der Waals surface area contributed by atoms with Gasteiger partial charge < -0.3 is 5.32 Å². The van der Waals surface area contributed by atoms with Crippen LogP contribution in [0.2, 0.25) is 0 Å². The number of nitrogens with zero attached hydrogens (tertiary/aromatic N) is 1. The Balaban J connectivity index is 3.20. The molecule has 48 valence electrons. The van der Waals surface area contributed by atoms with Crippen LogP contribution in [0.25, 0.3) is 0 Å². The highest BCUT2D eigenvalue weighted by Crippen LogP contribution is 1.87. The van der Waals surface area contributed by atoms with Crippen molar-refractivity contribution in [2.24, 2.45) is 4.99 Å². The summed E-state index contributed by atoms with van der Waals surface area (Å²) in [5.41, 5.74) is 0. The van der Waals surface area contributed by atoms with Gasteiger partial charge in [0.1, 0.15) is 0 Å². The molecule has 0 aliphatic rings. The van der Waals surface area contributed by atoms with Crippen molar-refractivity contribution >= 4 is 6.72 Å². The van der Waals surface area contributed by atoms with E-state index < -0.39 is 0 Å². The molecule has 0 saturated carbocycles. The summed E-state index contributed by atoms with van der Waals surface area (Å²) in [6.45, 7) is 6.36. The fourth-order valence-corrected chi connectivity index (χ4v) is 0.580. The molecule has 1 N–H and O–H groups in total. The quantitative estimate of drug-likeness (QED) is 0.534. The van der Waals surface area contributed by atoms with Gasteiger partial charge in [-0.05, 0) is 20.2 Å². The standard InChI is InChI=1S/C6H14N2/c1-4-6(8-3)5-7-2/h6,8H,2,4-5H2,1,3H3. The van der Waals surface area contributed by atoms with Crippen LogP contribution in [0, 0.1) is 0 Å². The second-order valence-electron chi connectivity index (χ2n) is 1.80. The molecule has 1 atom stereocenters. The number of aliphatic imine (C=N–C) groups is 1. The van der Waals surface area contributed by atoms with E-state index in [9.17, 15) is 0 Å². The fourth-order valence-electron chi connectivity index (χ4n) is 0.580. The number of hydrogen-bond donors (Lipinski definition) is 1. The summed E-state index contributed by atoms with van der Waals surface area (Å²) >= 11 is 0. The van der Waals surface area contributed by atoms with Crippen LogP contribution < -0.4 is 5.32 Å². The highest BCUT2D eigenvalue weighted by Gasteiger charge is 1.97. The van der Waals surface area contributed by atoms with E-state index in [4.69, 9.17) is 0 Å². The lowest BCUT2D eigenvalue weighted by atomic mass is 10.2. The van der Waals surface area contributed by atoms with Crippen molar-refractivity contribution in [1.82, 2.24) is 5.32 Å². The molecule has 1 unspecified atom stereocenters. The zero-order valence-electron chi connectivity index (χ0n) is 5.65. The third-order valence-corrected chi connectivity index (χ3v) is 1.25. The molecular formula is C6H14N2. The van der Waals surface area contributed by atoms with Crippen LogP contribution in [0.15, 0.2) is 4.99 Å². The largest absolute Gasteiger partial charge is 0.315 e. The highest BCUT2D eigenvalue weighted by atomic mass is 14.9. The highest BCUT2D eigenvalue weighted by molar-refractivity contribution is 5.23. The third kappa shape index (κ3) is 2.75. The van der Waals surface area contributed by atoms with Crippen LogP contribution >= 0.6 is 0 Å². The summed E-state index contributed by atoms with van der Waals surface area (Å²) in [6, 6.07) is 0.521. The molecule has 0 radical (unpaired) electrons. The zero-order valence-corrected chi connectivity index (χ0v) is 5.65. The molecule has 0 aliphatic heterocycles. The maximum atomic E-state index is 3.77. The van der Waals surface area contributed by atoms with Gasteiger partial charge in [0.05, 0.1) is 6.54 Å². The van der Waals surface area contributed by atoms with E-state index in [-0.39, 0.29) is 0 Å². The first kappa shape index (κ1) is 7.63. The van der Waals surface area contributed by atoms with Gasteiger partial charge in [-0.1, -0.05) is 6.92 Å². The second-order valence-corrected chi connectivity index (χ2v) is 1.80. The molecule has 0 spiro atoms. The van der Waals surface area contributed by atoms with Gasteiger partial charge in [0.25, 0.3) is 0 Å². The molecule has 0 rings (SSSR count). The van der Waals surface area contributed by atoms with E-state index in [1.54, 1.807) is 0 Å². The third-order valence-electron chi connectivity index (χ3n) is 1.25. The van der Waals surface area contributed by atoms with Crippen LogP contribution in [0.5, 0.6) is 0 Å². The number of hydrogen-bond acceptors (Lipinski definition) is 2. The molecule has 0 aromatic carbocycles. The van der Waals surface area contributed by atoms with E-state index >= 15 is 0 Å². The van der Waals surface area contributed by atoms with E-state index in [1.807, 2.05) is 7.05 Å². The van der Waals surface area contributed by atoms with Gasteiger partial charge in [0.2, 0.25) is 0 Å². The predicted molar refractivity (Wildman–Crippen MR) is 37.6 cm³/mol. The average molecular weight is 114 g/mol. The van der Waals surface area contributed by atoms with E-state index in [1.165, 1.54) is 0 Å². The van der Waals surface area contributed by atoms with Crippen LogP contribution in [-0.4, -0.2) is 26.4 Å². The molecule has 0 saturated heterocycles. The normalized spacial score (nSPS) is 13.2. The molecule has 0 heterocycles. The minimum atomic E-state index is 0.521. The fraction of sp³-hybridized carbons (Fsp3) is 0.833. The van der Waals surface area contributed by atoms with Crippen LogP contribution in [0.4, 0.5) is 0 Å². The molecular weight excluding hydrogens is 100 g/mol. The molecule has 2 nitrogen and oxygen atoms in total. The summed E-state index contributed by atoms with van der Waals surface area (Å²) in [5.74, 6) is 0. The van der Waals surface area contributed by atoms with Gasteiger partial charge in [-0.15, -0.1) is 0 Å². The zero-order chi connectivity index (χ0) is 6.41. The summed E-state index contributed by atoms with van der Waals surface area (Å²) in [7, 11) is 1.94. The lowest BCUT2D eigenvalue weighted by molar-refractivity contribution is 0.558.